The first-order chi connectivity index (χ1) is 19.2. The van der Waals surface area contributed by atoms with Gasteiger partial charge < -0.3 is 14.6 Å². The summed E-state index contributed by atoms with van der Waals surface area (Å²) in [4.78, 5) is 26.8. The number of methoxy groups -OCH3 is 1. The number of para-hydroxylation sites is 2. The fraction of sp³-hybridized carbons (Fsp3) is 0.250. The average Bonchev–Trinajstić information content (AvgIpc) is 3.53. The van der Waals surface area contributed by atoms with Crippen LogP contribution in [0.2, 0.25) is 0 Å². The zero-order valence-electron chi connectivity index (χ0n) is 22.1. The number of piperidine rings is 1. The van der Waals surface area contributed by atoms with Crippen LogP contribution in [0.15, 0.2) is 88.9 Å². The number of aliphatic imine (C=N–C) groups is 1. The topological polar surface area (TPSA) is 60.9 Å². The summed E-state index contributed by atoms with van der Waals surface area (Å²) in [6.07, 6.45) is 8.44. The molecule has 1 aromatic heterocycles. The van der Waals surface area contributed by atoms with Gasteiger partial charge in [-0.1, -0.05) is 36.4 Å². The van der Waals surface area contributed by atoms with E-state index in [9.17, 15) is 4.79 Å². The van der Waals surface area contributed by atoms with Gasteiger partial charge in [0.2, 0.25) is 0 Å². The summed E-state index contributed by atoms with van der Waals surface area (Å²) < 4.78 is 5.77. The van der Waals surface area contributed by atoms with Gasteiger partial charge in [0.15, 0.2) is 5.17 Å². The van der Waals surface area contributed by atoms with E-state index in [1.807, 2.05) is 54.7 Å². The van der Waals surface area contributed by atoms with Gasteiger partial charge >= 0.3 is 0 Å². The third kappa shape index (κ3) is 5.45. The zero-order valence-corrected chi connectivity index (χ0v) is 22.9. The Hall–Kier alpha value is -3.97. The van der Waals surface area contributed by atoms with Crippen LogP contribution in [0.3, 0.4) is 0 Å². The van der Waals surface area contributed by atoms with E-state index in [-0.39, 0.29) is 5.91 Å². The molecule has 4 aromatic rings. The maximum absolute atomic E-state index is 13.7. The van der Waals surface area contributed by atoms with Gasteiger partial charge in [-0.05, 0) is 79.4 Å². The van der Waals surface area contributed by atoms with Crippen LogP contribution in [0.4, 0.5) is 11.4 Å². The van der Waals surface area contributed by atoms with Crippen molar-refractivity contribution in [1.82, 2.24) is 9.88 Å². The predicted octanol–water partition coefficient (Wildman–Crippen LogP) is 7.01. The zero-order chi connectivity index (χ0) is 26.6. The second-order valence-corrected chi connectivity index (χ2v) is 10.9. The Balaban J connectivity index is 1.29. The third-order valence-corrected chi connectivity index (χ3v) is 8.38. The molecule has 7 heteroatoms. The van der Waals surface area contributed by atoms with Crippen LogP contribution in [0.1, 0.15) is 30.4 Å². The van der Waals surface area contributed by atoms with E-state index < -0.39 is 0 Å². The highest BCUT2D eigenvalue weighted by atomic mass is 32.2. The van der Waals surface area contributed by atoms with Gasteiger partial charge in [0.25, 0.3) is 5.91 Å². The summed E-state index contributed by atoms with van der Waals surface area (Å²) in [5.74, 6) is 0.745. The lowest BCUT2D eigenvalue weighted by atomic mass is 10.1. The Bertz CT molecular complexity index is 1540. The van der Waals surface area contributed by atoms with E-state index >= 15 is 0 Å². The number of ether oxygens (including phenoxy) is 1. The first-order valence-electron chi connectivity index (χ1n) is 13.5. The Morgan fingerprint density at radius 1 is 1.00 bits per heavy atom. The van der Waals surface area contributed by atoms with Gasteiger partial charge in [-0.15, -0.1) is 0 Å². The Labute approximate surface area is 233 Å². The highest BCUT2D eigenvalue weighted by Crippen LogP contribution is 2.37. The molecule has 0 saturated carbocycles. The van der Waals surface area contributed by atoms with Crippen LogP contribution in [-0.4, -0.2) is 47.7 Å². The number of amides is 1. The van der Waals surface area contributed by atoms with Crippen molar-refractivity contribution in [1.29, 1.82) is 0 Å². The van der Waals surface area contributed by atoms with Crippen LogP contribution in [-0.2, 0) is 11.2 Å². The molecular formula is C32H32N4O2S. The molecule has 6 rings (SSSR count). The number of amidine groups is 1. The van der Waals surface area contributed by atoms with Crippen LogP contribution < -0.4 is 9.64 Å². The Kier molecular flexibility index (Phi) is 7.41. The number of carbonyl (C=O) groups is 1. The fourth-order valence-electron chi connectivity index (χ4n) is 5.28. The van der Waals surface area contributed by atoms with Gasteiger partial charge in [0.1, 0.15) is 5.75 Å². The third-order valence-electron chi connectivity index (χ3n) is 7.37. The number of fused-ring (bicyclic) bond motifs is 1. The molecule has 2 fully saturated rings. The summed E-state index contributed by atoms with van der Waals surface area (Å²) in [5, 5.41) is 1.88. The molecular weight excluding hydrogens is 504 g/mol. The molecule has 3 aromatic carbocycles. The fourth-order valence-corrected chi connectivity index (χ4v) is 6.30. The monoisotopic (exact) mass is 536 g/mol. The highest BCUT2D eigenvalue weighted by Gasteiger charge is 2.33. The number of nitrogens with one attached hydrogen (secondary N) is 1. The summed E-state index contributed by atoms with van der Waals surface area (Å²) >= 11 is 1.42. The number of rotatable bonds is 7. The van der Waals surface area contributed by atoms with Crippen LogP contribution in [0.25, 0.3) is 17.0 Å². The molecule has 1 amide bonds. The SMILES string of the molecule is COc1cc(N2CCCCC2)ccc1C=C1SC(=Nc2ccccc2)N(CCc2c[nH]c3ccccc23)C1=O. The normalized spacial score (nSPS) is 18.0. The largest absolute Gasteiger partial charge is 0.496 e. The van der Waals surface area contributed by atoms with Gasteiger partial charge in [-0.2, -0.15) is 0 Å². The standard InChI is InChI=1S/C32H32N4O2S/c1-38-29-21-26(35-17-8-3-9-18-35)15-14-23(29)20-30-31(37)36(32(39-30)34-25-10-4-2-5-11-25)19-16-24-22-33-28-13-7-6-12-27(24)28/h2,4-7,10-15,20-22,33H,3,8-9,16-19H2,1H3. The molecule has 2 aliphatic heterocycles. The lowest BCUT2D eigenvalue weighted by Gasteiger charge is -2.29. The number of aromatic nitrogens is 1. The first-order valence-corrected chi connectivity index (χ1v) is 14.3. The number of benzene rings is 3. The second-order valence-electron chi connectivity index (χ2n) is 9.88. The highest BCUT2D eigenvalue weighted by molar-refractivity contribution is 8.18. The molecule has 0 spiro atoms. The molecule has 2 aliphatic rings. The van der Waals surface area contributed by atoms with E-state index in [1.54, 1.807) is 12.0 Å². The molecule has 0 radical (unpaired) electrons. The van der Waals surface area contributed by atoms with Gasteiger partial charge in [0.05, 0.1) is 17.7 Å². The molecule has 0 aliphatic carbocycles. The second kappa shape index (κ2) is 11.4. The van der Waals surface area contributed by atoms with Crippen molar-refractivity contribution in [3.63, 3.8) is 0 Å². The lowest BCUT2D eigenvalue weighted by molar-refractivity contribution is -0.122. The van der Waals surface area contributed by atoms with Gasteiger partial charge in [0, 0.05) is 54.1 Å². The van der Waals surface area contributed by atoms with Crippen LogP contribution >= 0.6 is 11.8 Å². The average molecular weight is 537 g/mol. The van der Waals surface area contributed by atoms with Gasteiger partial charge in [-0.3, -0.25) is 9.69 Å². The van der Waals surface area contributed by atoms with Crippen molar-refractivity contribution >= 4 is 51.2 Å². The maximum atomic E-state index is 13.7. The number of aromatic amines is 1. The minimum atomic E-state index is -0.0308. The molecule has 39 heavy (non-hydrogen) atoms. The van der Waals surface area contributed by atoms with E-state index in [2.05, 4.69) is 40.2 Å². The van der Waals surface area contributed by atoms with Crippen molar-refractivity contribution in [3.8, 4) is 5.75 Å². The smallest absolute Gasteiger partial charge is 0.266 e. The van der Waals surface area contributed by atoms with Crippen molar-refractivity contribution in [2.45, 2.75) is 25.7 Å². The minimum absolute atomic E-state index is 0.0308. The van der Waals surface area contributed by atoms with E-state index in [1.165, 1.54) is 47.7 Å². The van der Waals surface area contributed by atoms with Crippen molar-refractivity contribution < 1.29 is 9.53 Å². The van der Waals surface area contributed by atoms with Crippen molar-refractivity contribution in [3.05, 3.63) is 95.0 Å². The Morgan fingerprint density at radius 2 is 1.79 bits per heavy atom. The number of thioether (sulfide) groups is 1. The molecule has 198 valence electrons. The molecule has 0 atom stereocenters. The Morgan fingerprint density at radius 3 is 2.62 bits per heavy atom. The summed E-state index contributed by atoms with van der Waals surface area (Å²) in [7, 11) is 1.69. The lowest BCUT2D eigenvalue weighted by Crippen LogP contribution is -2.31. The number of carbonyl (C=O) groups excluding carboxylic acids is 1. The summed E-state index contributed by atoms with van der Waals surface area (Å²) in [6, 6.07) is 24.4. The predicted molar refractivity (Wildman–Crippen MR) is 162 cm³/mol. The quantitative estimate of drug-likeness (QED) is 0.258. The van der Waals surface area contributed by atoms with Crippen LogP contribution in [0, 0.1) is 0 Å². The minimum Gasteiger partial charge on any atom is -0.496 e. The molecule has 0 unspecified atom stereocenters. The van der Waals surface area contributed by atoms with Crippen LogP contribution in [0.5, 0.6) is 5.75 Å². The van der Waals surface area contributed by atoms with Crippen molar-refractivity contribution in [2.24, 2.45) is 4.99 Å². The molecule has 6 nitrogen and oxygen atoms in total. The van der Waals surface area contributed by atoms with E-state index in [0.717, 1.165) is 42.0 Å². The summed E-state index contributed by atoms with van der Waals surface area (Å²) in [5.41, 5.74) is 5.19. The number of hydrogen-bond acceptors (Lipinski definition) is 5. The molecule has 2 saturated heterocycles. The molecule has 3 heterocycles. The molecule has 1 N–H and O–H groups in total. The van der Waals surface area contributed by atoms with Gasteiger partial charge in [-0.25, -0.2) is 4.99 Å². The maximum Gasteiger partial charge on any atom is 0.266 e. The van der Waals surface area contributed by atoms with E-state index in [4.69, 9.17) is 9.73 Å². The number of H-pyrrole nitrogens is 1. The van der Waals surface area contributed by atoms with E-state index in [0.29, 0.717) is 16.6 Å². The number of anilines is 1. The first kappa shape index (κ1) is 25.3. The van der Waals surface area contributed by atoms with Crippen molar-refractivity contribution in [2.75, 3.05) is 31.6 Å². The number of nitrogens with zero attached hydrogens (tertiary/aromatic N) is 3. The number of hydrogen-bond donors (Lipinski definition) is 1. The molecule has 0 bridgehead atoms. The summed E-state index contributed by atoms with van der Waals surface area (Å²) in [6.45, 7) is 2.69.